The van der Waals surface area contributed by atoms with E-state index in [2.05, 4.69) is 26.7 Å². The highest BCUT2D eigenvalue weighted by Crippen LogP contribution is 2.26. The molecule has 0 fully saturated rings. The van der Waals surface area contributed by atoms with Gasteiger partial charge in [-0.1, -0.05) is 28.9 Å². The van der Waals surface area contributed by atoms with E-state index in [1.807, 2.05) is 6.07 Å². The summed E-state index contributed by atoms with van der Waals surface area (Å²) in [5.74, 6) is -0.885. The van der Waals surface area contributed by atoms with Crippen molar-refractivity contribution < 1.29 is 9.59 Å². The first kappa shape index (κ1) is 18.5. The average molecular weight is 405 g/mol. The van der Waals surface area contributed by atoms with E-state index in [0.29, 0.717) is 17.8 Å². The second-order valence-corrected chi connectivity index (χ2v) is 6.70. The van der Waals surface area contributed by atoms with Crippen LogP contribution in [0.3, 0.4) is 0 Å². The molecule has 3 aromatic rings. The molecule has 0 radical (unpaired) electrons. The van der Waals surface area contributed by atoms with Crippen molar-refractivity contribution in [3.05, 3.63) is 87.6 Å². The van der Waals surface area contributed by atoms with Crippen LogP contribution in [0.5, 0.6) is 0 Å². The van der Waals surface area contributed by atoms with Crippen molar-refractivity contribution in [2.45, 2.75) is 13.1 Å². The number of aromatic nitrogens is 4. The van der Waals surface area contributed by atoms with Crippen molar-refractivity contribution in [3.63, 3.8) is 0 Å². The molecule has 0 atom stereocenters. The molecule has 8 nitrogen and oxygen atoms in total. The predicted octanol–water partition coefficient (Wildman–Crippen LogP) is 2.21. The van der Waals surface area contributed by atoms with Gasteiger partial charge in [-0.25, -0.2) is 4.68 Å². The zero-order valence-corrected chi connectivity index (χ0v) is 15.7. The Morgan fingerprint density at radius 2 is 2.03 bits per heavy atom. The molecule has 9 heteroatoms. The highest BCUT2D eigenvalue weighted by atomic mass is 35.5. The van der Waals surface area contributed by atoms with Gasteiger partial charge in [-0.15, -0.1) is 5.10 Å². The molecular weight excluding hydrogens is 392 g/mol. The number of benzene rings is 1. The quantitative estimate of drug-likeness (QED) is 0.693. The number of carbonyl (C=O) groups excluding carboxylic acids is 2. The monoisotopic (exact) mass is 404 g/mol. The number of fused-ring (bicyclic) bond motifs is 1. The smallest absolute Gasteiger partial charge is 0.229 e. The van der Waals surface area contributed by atoms with Gasteiger partial charge < -0.3 is 5.32 Å². The first-order valence-electron chi connectivity index (χ1n) is 8.63. The third kappa shape index (κ3) is 3.63. The van der Waals surface area contributed by atoms with Gasteiger partial charge in [-0.3, -0.25) is 14.6 Å². The van der Waals surface area contributed by atoms with Gasteiger partial charge >= 0.3 is 0 Å². The van der Waals surface area contributed by atoms with E-state index in [9.17, 15) is 9.59 Å². The van der Waals surface area contributed by atoms with Crippen LogP contribution in [0.1, 0.15) is 37.7 Å². The van der Waals surface area contributed by atoms with Crippen LogP contribution in [-0.2, 0) is 13.1 Å². The second kappa shape index (κ2) is 7.66. The average Bonchev–Trinajstić information content (AvgIpc) is 3.19. The maximum absolute atomic E-state index is 12.6. The van der Waals surface area contributed by atoms with Crippen molar-refractivity contribution in [1.82, 2.24) is 25.3 Å². The number of hydrogen-bond donors (Lipinski definition) is 1. The largest absolute Gasteiger partial charge is 0.375 e. The third-order valence-electron chi connectivity index (χ3n) is 4.35. The maximum Gasteiger partial charge on any atom is 0.229 e. The van der Waals surface area contributed by atoms with Crippen molar-refractivity contribution >= 4 is 23.2 Å². The van der Waals surface area contributed by atoms with E-state index in [-0.39, 0.29) is 28.5 Å². The van der Waals surface area contributed by atoms with Crippen molar-refractivity contribution in [2.24, 2.45) is 0 Å². The number of rotatable bonds is 5. The van der Waals surface area contributed by atoms with E-state index < -0.39 is 11.6 Å². The first-order chi connectivity index (χ1) is 14.1. The Hall–Kier alpha value is -3.83. The van der Waals surface area contributed by atoms with E-state index in [1.54, 1.807) is 35.1 Å². The van der Waals surface area contributed by atoms with Gasteiger partial charge in [0.1, 0.15) is 22.1 Å². The van der Waals surface area contributed by atoms with Gasteiger partial charge in [0, 0.05) is 6.20 Å². The molecule has 0 aliphatic heterocycles. The van der Waals surface area contributed by atoms with E-state index >= 15 is 0 Å². The molecule has 4 rings (SSSR count). The lowest BCUT2D eigenvalue weighted by Gasteiger charge is -2.17. The lowest BCUT2D eigenvalue weighted by molar-refractivity contribution is 0.0970. The molecule has 1 aliphatic carbocycles. The van der Waals surface area contributed by atoms with Crippen LogP contribution < -0.4 is 5.32 Å². The van der Waals surface area contributed by atoms with Gasteiger partial charge in [0.05, 0.1) is 36.5 Å². The molecule has 0 spiro atoms. The number of Topliss-reactive ketones (excluding diaryl/α,β-unsaturated/α-hetero) is 2. The molecular formula is C20H13ClN6O2. The number of nitriles is 1. The molecule has 142 valence electrons. The van der Waals surface area contributed by atoms with Gasteiger partial charge in [0.2, 0.25) is 11.6 Å². The molecule has 0 bridgehead atoms. The summed E-state index contributed by atoms with van der Waals surface area (Å²) in [5.41, 5.74) is 2.31. The number of nitrogens with zero attached hydrogens (tertiary/aromatic N) is 5. The number of carbonyl (C=O) groups is 2. The van der Waals surface area contributed by atoms with Crippen LogP contribution in [0.4, 0.5) is 0 Å². The fraction of sp³-hybridized carbons (Fsp3) is 0.100. The van der Waals surface area contributed by atoms with Crippen molar-refractivity contribution in [2.75, 3.05) is 0 Å². The molecule has 0 amide bonds. The summed E-state index contributed by atoms with van der Waals surface area (Å²) in [4.78, 5) is 29.0. The molecule has 1 aromatic carbocycles. The highest BCUT2D eigenvalue weighted by molar-refractivity contribution is 6.49. The Morgan fingerprint density at radius 1 is 1.17 bits per heavy atom. The van der Waals surface area contributed by atoms with Crippen LogP contribution in [0.2, 0.25) is 0 Å². The number of nitrogens with one attached hydrogen (secondary N) is 1. The Bertz CT molecular complexity index is 1210. The summed E-state index contributed by atoms with van der Waals surface area (Å²) >= 11 is 6.11. The standard InChI is InChI=1S/C20H13ClN6O2/c21-16-18(20(29)17-15(19(16)28)5-2-6-23-17)24-9-14-11-27(26-25-14)10-13-4-1-3-12(7-13)8-22/h1-7,11,24H,9-10H2. The van der Waals surface area contributed by atoms with Crippen molar-refractivity contribution in [3.8, 4) is 6.07 Å². The fourth-order valence-electron chi connectivity index (χ4n) is 2.98. The normalized spacial score (nSPS) is 13.2. The third-order valence-corrected chi connectivity index (χ3v) is 4.71. The van der Waals surface area contributed by atoms with Gasteiger partial charge in [-0.05, 0) is 29.8 Å². The van der Waals surface area contributed by atoms with Crippen LogP contribution in [0.25, 0.3) is 0 Å². The Kier molecular flexibility index (Phi) is 4.89. The minimum Gasteiger partial charge on any atom is -0.375 e. The molecule has 2 aromatic heterocycles. The molecule has 0 unspecified atom stereocenters. The van der Waals surface area contributed by atoms with E-state index in [1.165, 1.54) is 12.3 Å². The minimum atomic E-state index is -0.446. The first-order valence-corrected chi connectivity index (χ1v) is 9.00. The van der Waals surface area contributed by atoms with Gasteiger partial charge in [0.25, 0.3) is 0 Å². The number of pyridine rings is 1. The van der Waals surface area contributed by atoms with Crippen LogP contribution in [0.15, 0.2) is 59.5 Å². The zero-order chi connectivity index (χ0) is 20.4. The summed E-state index contributed by atoms with van der Waals surface area (Å²) in [6.45, 7) is 0.603. The molecule has 2 heterocycles. The van der Waals surface area contributed by atoms with Gasteiger partial charge in [0.15, 0.2) is 0 Å². The Morgan fingerprint density at radius 3 is 2.86 bits per heavy atom. The molecule has 1 aliphatic rings. The fourth-order valence-corrected chi connectivity index (χ4v) is 3.23. The number of halogens is 1. The zero-order valence-electron chi connectivity index (χ0n) is 15.0. The van der Waals surface area contributed by atoms with Crippen LogP contribution in [0, 0.1) is 11.3 Å². The molecule has 0 saturated carbocycles. The van der Waals surface area contributed by atoms with Crippen LogP contribution in [-0.4, -0.2) is 31.5 Å². The molecule has 29 heavy (non-hydrogen) atoms. The second-order valence-electron chi connectivity index (χ2n) is 6.32. The van der Waals surface area contributed by atoms with Crippen molar-refractivity contribution in [1.29, 1.82) is 5.26 Å². The Labute approximate surface area is 170 Å². The highest BCUT2D eigenvalue weighted by Gasteiger charge is 2.32. The summed E-state index contributed by atoms with van der Waals surface area (Å²) < 4.78 is 1.62. The SMILES string of the molecule is N#Cc1cccc(Cn2cc(CNC3=C(Cl)C(=O)c4cccnc4C3=O)nn2)c1. The summed E-state index contributed by atoms with van der Waals surface area (Å²) in [7, 11) is 0. The number of ketones is 2. The Balaban J connectivity index is 1.47. The van der Waals surface area contributed by atoms with E-state index in [0.717, 1.165) is 5.56 Å². The summed E-state index contributed by atoms with van der Waals surface area (Å²) in [6.07, 6.45) is 3.16. The lowest BCUT2D eigenvalue weighted by atomic mass is 9.97. The molecule has 0 saturated heterocycles. The molecule has 1 N–H and O–H groups in total. The number of allylic oxidation sites excluding steroid dienone is 2. The minimum absolute atomic E-state index is 0.000798. The summed E-state index contributed by atoms with van der Waals surface area (Å²) in [6, 6.07) is 12.4. The topological polar surface area (TPSA) is 114 Å². The maximum atomic E-state index is 12.6. The van der Waals surface area contributed by atoms with E-state index in [4.69, 9.17) is 16.9 Å². The lowest BCUT2D eigenvalue weighted by Crippen LogP contribution is -2.29. The number of hydrogen-bond acceptors (Lipinski definition) is 7. The van der Waals surface area contributed by atoms with Crippen LogP contribution >= 0.6 is 11.6 Å². The predicted molar refractivity (Wildman–Crippen MR) is 103 cm³/mol. The van der Waals surface area contributed by atoms with Gasteiger partial charge in [-0.2, -0.15) is 5.26 Å². The summed E-state index contributed by atoms with van der Waals surface area (Å²) in [5, 5.41) is 19.8.